The number of hydrogen-bond acceptors (Lipinski definition) is 2. The number of phenolic OH excluding ortho intramolecular Hbond substituents is 1. The second-order valence-electron chi connectivity index (χ2n) is 4.72. The molecule has 0 aliphatic rings. The van der Waals surface area contributed by atoms with Crippen LogP contribution in [0.1, 0.15) is 37.1 Å². The summed E-state index contributed by atoms with van der Waals surface area (Å²) in [6, 6.07) is 14.0. The highest BCUT2D eigenvalue weighted by Gasteiger charge is 2.14. The maximum atomic E-state index is 13.2. The molecule has 0 aliphatic heterocycles. The van der Waals surface area contributed by atoms with E-state index in [9.17, 15) is 9.50 Å². The molecular formula is C16H18FNO. The van der Waals surface area contributed by atoms with E-state index in [1.165, 1.54) is 18.2 Å². The minimum absolute atomic E-state index is 0.113. The zero-order chi connectivity index (χ0) is 13.8. The fraction of sp³-hybridized carbons (Fsp3) is 0.250. The Hall–Kier alpha value is -1.87. The third-order valence-corrected chi connectivity index (χ3v) is 3.26. The van der Waals surface area contributed by atoms with E-state index >= 15 is 0 Å². The van der Waals surface area contributed by atoms with Crippen LogP contribution in [0.5, 0.6) is 5.75 Å². The summed E-state index contributed by atoms with van der Waals surface area (Å²) in [6.07, 6.45) is 0. The van der Waals surface area contributed by atoms with E-state index in [4.69, 9.17) is 0 Å². The molecule has 100 valence electrons. The molecule has 0 aliphatic carbocycles. The Morgan fingerprint density at radius 3 is 2.37 bits per heavy atom. The van der Waals surface area contributed by atoms with E-state index in [2.05, 4.69) is 5.32 Å². The second-order valence-corrected chi connectivity index (χ2v) is 4.72. The number of nitrogens with one attached hydrogen (secondary N) is 1. The van der Waals surface area contributed by atoms with Crippen LogP contribution in [0.25, 0.3) is 0 Å². The summed E-state index contributed by atoms with van der Waals surface area (Å²) in [5.41, 5.74) is 1.73. The Morgan fingerprint density at radius 1 is 1.00 bits per heavy atom. The maximum absolute atomic E-state index is 13.2. The molecule has 2 rings (SSSR count). The van der Waals surface area contributed by atoms with Crippen molar-refractivity contribution in [3.8, 4) is 5.75 Å². The van der Waals surface area contributed by atoms with Crippen molar-refractivity contribution in [2.45, 2.75) is 25.9 Å². The summed E-state index contributed by atoms with van der Waals surface area (Å²) in [5, 5.41) is 13.1. The zero-order valence-electron chi connectivity index (χ0n) is 11.1. The summed E-state index contributed by atoms with van der Waals surface area (Å²) in [4.78, 5) is 0. The highest BCUT2D eigenvalue weighted by Crippen LogP contribution is 2.26. The Bertz CT molecular complexity index is 542. The number of halogens is 1. The van der Waals surface area contributed by atoms with Crippen LogP contribution in [-0.4, -0.2) is 5.11 Å². The van der Waals surface area contributed by atoms with Gasteiger partial charge in [0.25, 0.3) is 0 Å². The summed E-state index contributed by atoms with van der Waals surface area (Å²) in [7, 11) is 0. The van der Waals surface area contributed by atoms with Crippen LogP contribution in [0.2, 0.25) is 0 Å². The lowest BCUT2D eigenvalue weighted by molar-refractivity contribution is 0.435. The third kappa shape index (κ3) is 3.32. The quantitative estimate of drug-likeness (QED) is 0.871. The predicted octanol–water partition coefficient (Wildman–Crippen LogP) is 3.94. The molecule has 2 N–H and O–H groups in total. The zero-order valence-corrected chi connectivity index (χ0v) is 11.1. The van der Waals surface area contributed by atoms with Crippen LogP contribution in [0.15, 0.2) is 48.5 Å². The standard InChI is InChI=1S/C16H18FNO/c1-11(13-6-4-3-5-7-13)18-12(2)15-10-14(17)8-9-16(15)19/h3-12,18-19H,1-2H3/t11-,12?/m1/s1. The first-order valence-corrected chi connectivity index (χ1v) is 6.37. The second kappa shape index (κ2) is 5.85. The van der Waals surface area contributed by atoms with Crippen LogP contribution in [0.3, 0.4) is 0 Å². The first kappa shape index (κ1) is 13.6. The van der Waals surface area contributed by atoms with Gasteiger partial charge in [-0.1, -0.05) is 30.3 Å². The van der Waals surface area contributed by atoms with Crippen LogP contribution in [-0.2, 0) is 0 Å². The summed E-state index contributed by atoms with van der Waals surface area (Å²) in [5.74, 6) is -0.226. The Morgan fingerprint density at radius 2 is 1.68 bits per heavy atom. The van der Waals surface area contributed by atoms with Gasteiger partial charge >= 0.3 is 0 Å². The van der Waals surface area contributed by atoms with Crippen molar-refractivity contribution in [1.82, 2.24) is 5.32 Å². The molecule has 0 heterocycles. The van der Waals surface area contributed by atoms with E-state index < -0.39 is 0 Å². The third-order valence-electron chi connectivity index (χ3n) is 3.26. The van der Waals surface area contributed by atoms with Crippen LogP contribution in [0.4, 0.5) is 4.39 Å². The fourth-order valence-electron chi connectivity index (χ4n) is 2.17. The van der Waals surface area contributed by atoms with E-state index in [-0.39, 0.29) is 23.7 Å². The first-order chi connectivity index (χ1) is 9.08. The summed E-state index contributed by atoms with van der Waals surface area (Å²) < 4.78 is 13.2. The van der Waals surface area contributed by atoms with Gasteiger partial charge in [0.15, 0.2) is 0 Å². The molecule has 2 aromatic carbocycles. The highest BCUT2D eigenvalue weighted by atomic mass is 19.1. The van der Waals surface area contributed by atoms with Gasteiger partial charge in [0.1, 0.15) is 11.6 Å². The SMILES string of the molecule is CC(N[C@H](C)c1ccccc1)c1cc(F)ccc1O. The molecule has 2 nitrogen and oxygen atoms in total. The van der Waals surface area contributed by atoms with Crippen molar-refractivity contribution < 1.29 is 9.50 Å². The van der Waals surface area contributed by atoms with Gasteiger partial charge in [0.05, 0.1) is 0 Å². The molecule has 2 atom stereocenters. The van der Waals surface area contributed by atoms with Gasteiger partial charge in [-0.25, -0.2) is 4.39 Å². The highest BCUT2D eigenvalue weighted by molar-refractivity contribution is 5.35. The smallest absolute Gasteiger partial charge is 0.123 e. The normalized spacial score (nSPS) is 14.1. The van der Waals surface area contributed by atoms with Gasteiger partial charge in [0, 0.05) is 17.6 Å². The van der Waals surface area contributed by atoms with E-state index in [1.807, 2.05) is 44.2 Å². The molecular weight excluding hydrogens is 241 g/mol. The number of hydrogen-bond donors (Lipinski definition) is 2. The van der Waals surface area contributed by atoms with E-state index in [1.54, 1.807) is 0 Å². The largest absolute Gasteiger partial charge is 0.508 e. The molecule has 0 saturated heterocycles. The molecule has 2 aromatic rings. The van der Waals surface area contributed by atoms with Crippen molar-refractivity contribution in [3.63, 3.8) is 0 Å². The molecule has 0 amide bonds. The number of benzene rings is 2. The lowest BCUT2D eigenvalue weighted by Gasteiger charge is -2.21. The average molecular weight is 259 g/mol. The van der Waals surface area contributed by atoms with Crippen LogP contribution in [0, 0.1) is 5.82 Å². The molecule has 3 heteroatoms. The van der Waals surface area contributed by atoms with Crippen LogP contribution >= 0.6 is 0 Å². The van der Waals surface area contributed by atoms with Crippen molar-refractivity contribution in [2.24, 2.45) is 0 Å². The Labute approximate surface area is 112 Å². The van der Waals surface area contributed by atoms with Crippen molar-refractivity contribution in [3.05, 3.63) is 65.5 Å². The monoisotopic (exact) mass is 259 g/mol. The molecule has 0 saturated carbocycles. The molecule has 0 spiro atoms. The van der Waals surface area contributed by atoms with Crippen molar-refractivity contribution >= 4 is 0 Å². The topological polar surface area (TPSA) is 32.3 Å². The number of phenols is 1. The predicted molar refractivity (Wildman–Crippen MR) is 74.5 cm³/mol. The van der Waals surface area contributed by atoms with Gasteiger partial charge in [-0.3, -0.25) is 0 Å². The van der Waals surface area contributed by atoms with E-state index in [0.29, 0.717) is 5.56 Å². The maximum Gasteiger partial charge on any atom is 0.123 e. The Kier molecular flexibility index (Phi) is 4.17. The van der Waals surface area contributed by atoms with Gasteiger partial charge < -0.3 is 10.4 Å². The van der Waals surface area contributed by atoms with Gasteiger partial charge in [-0.05, 0) is 37.6 Å². The lowest BCUT2D eigenvalue weighted by atomic mass is 10.0. The molecule has 19 heavy (non-hydrogen) atoms. The molecule has 0 fully saturated rings. The molecule has 0 bridgehead atoms. The summed E-state index contributed by atoms with van der Waals surface area (Å²) in [6.45, 7) is 3.95. The number of rotatable bonds is 4. The van der Waals surface area contributed by atoms with E-state index in [0.717, 1.165) is 5.56 Å². The minimum atomic E-state index is -0.339. The van der Waals surface area contributed by atoms with Crippen LogP contribution < -0.4 is 5.32 Å². The number of aromatic hydroxyl groups is 1. The lowest BCUT2D eigenvalue weighted by Crippen LogP contribution is -2.22. The van der Waals surface area contributed by atoms with Gasteiger partial charge in [-0.15, -0.1) is 0 Å². The van der Waals surface area contributed by atoms with Gasteiger partial charge in [-0.2, -0.15) is 0 Å². The Balaban J connectivity index is 2.13. The van der Waals surface area contributed by atoms with Gasteiger partial charge in [0.2, 0.25) is 0 Å². The molecule has 1 unspecified atom stereocenters. The first-order valence-electron chi connectivity index (χ1n) is 6.37. The summed E-state index contributed by atoms with van der Waals surface area (Å²) >= 11 is 0. The fourth-order valence-corrected chi connectivity index (χ4v) is 2.17. The molecule has 0 radical (unpaired) electrons. The average Bonchev–Trinajstić information content (AvgIpc) is 2.42. The molecule has 0 aromatic heterocycles. The van der Waals surface area contributed by atoms with Crippen molar-refractivity contribution in [1.29, 1.82) is 0 Å². The minimum Gasteiger partial charge on any atom is -0.508 e. The van der Waals surface area contributed by atoms with Crippen molar-refractivity contribution in [2.75, 3.05) is 0 Å².